The maximum atomic E-state index is 14.1. The molecule has 2 aliphatic carbocycles. The van der Waals surface area contributed by atoms with E-state index in [1.807, 2.05) is 12.2 Å². The van der Waals surface area contributed by atoms with E-state index in [1.165, 1.54) is 24.8 Å². The Hall–Kier alpha value is -2.64. The van der Waals surface area contributed by atoms with Gasteiger partial charge in [-0.15, -0.1) is 0 Å². The molecule has 3 fully saturated rings. The number of nitrogens with one attached hydrogen (secondary N) is 2. The number of ether oxygens (including phenoxy) is 1. The zero-order valence-electron chi connectivity index (χ0n) is 21.7. The van der Waals surface area contributed by atoms with E-state index in [2.05, 4.69) is 16.7 Å². The normalized spacial score (nSPS) is 32.3. The molecule has 5 aliphatic rings. The molecule has 3 unspecified atom stereocenters. The largest absolute Gasteiger partial charge is 0.359 e. The number of nitrogens with zero attached hydrogens (tertiary/aromatic N) is 1. The lowest BCUT2D eigenvalue weighted by Gasteiger charge is -2.34. The van der Waals surface area contributed by atoms with Crippen molar-refractivity contribution in [2.24, 2.45) is 11.8 Å². The Kier molecular flexibility index (Phi) is 7.08. The number of carbonyl (C=O) groups is 3. The van der Waals surface area contributed by atoms with Crippen molar-refractivity contribution < 1.29 is 19.1 Å². The van der Waals surface area contributed by atoms with Gasteiger partial charge in [0.15, 0.2) is 0 Å². The van der Waals surface area contributed by atoms with Gasteiger partial charge < -0.3 is 20.3 Å². The predicted octanol–water partition coefficient (Wildman–Crippen LogP) is 4.77. The number of carbonyl (C=O) groups excluding carboxylic acids is 3. The average molecular weight is 538 g/mol. The molecule has 202 valence electrons. The Morgan fingerprint density at radius 3 is 2.58 bits per heavy atom. The van der Waals surface area contributed by atoms with Crippen LogP contribution < -0.4 is 10.6 Å². The Bertz CT molecular complexity index is 1160. The second-order valence-corrected chi connectivity index (χ2v) is 11.9. The highest BCUT2D eigenvalue weighted by molar-refractivity contribution is 6.30. The number of hydrogen-bond donors (Lipinski definition) is 2. The fourth-order valence-corrected chi connectivity index (χ4v) is 7.32. The molecule has 38 heavy (non-hydrogen) atoms. The maximum absolute atomic E-state index is 14.1. The molecule has 3 heterocycles. The average Bonchev–Trinajstić information content (AvgIpc) is 3.57. The van der Waals surface area contributed by atoms with Gasteiger partial charge in [0.05, 0.1) is 17.9 Å². The van der Waals surface area contributed by atoms with Crippen molar-refractivity contribution in [1.29, 1.82) is 0 Å². The van der Waals surface area contributed by atoms with E-state index >= 15 is 0 Å². The van der Waals surface area contributed by atoms with E-state index in [1.54, 1.807) is 29.2 Å². The Labute approximate surface area is 229 Å². The SMILES string of the molecule is O=C(Nc1ccc(Cl)cc1)C1[C@@H]2C=CC3(O2)C(C(=O)NC2CCCCC2)N(CCC2=CCCCC2)C(=O)[C@H]13. The fourth-order valence-electron chi connectivity index (χ4n) is 7.19. The minimum atomic E-state index is -1.12. The zero-order valence-corrected chi connectivity index (χ0v) is 22.4. The molecular weight excluding hydrogens is 502 g/mol. The molecule has 1 aromatic rings. The summed E-state index contributed by atoms with van der Waals surface area (Å²) in [6.45, 7) is 0.457. The maximum Gasteiger partial charge on any atom is 0.246 e. The lowest BCUT2D eigenvalue weighted by Crippen LogP contribution is -2.56. The highest BCUT2D eigenvalue weighted by Crippen LogP contribution is 2.55. The number of anilines is 1. The third-order valence-corrected chi connectivity index (χ3v) is 9.30. The third kappa shape index (κ3) is 4.58. The van der Waals surface area contributed by atoms with Crippen LogP contribution in [-0.4, -0.2) is 53.0 Å². The van der Waals surface area contributed by atoms with E-state index in [0.717, 1.165) is 44.9 Å². The van der Waals surface area contributed by atoms with Crippen molar-refractivity contribution in [3.63, 3.8) is 0 Å². The van der Waals surface area contributed by atoms with Crippen molar-refractivity contribution in [1.82, 2.24) is 10.2 Å². The molecule has 6 rings (SSSR count). The molecule has 0 aromatic heterocycles. The summed E-state index contributed by atoms with van der Waals surface area (Å²) in [5.41, 5.74) is 0.838. The van der Waals surface area contributed by atoms with Gasteiger partial charge in [0, 0.05) is 23.3 Å². The second-order valence-electron chi connectivity index (χ2n) is 11.4. The summed E-state index contributed by atoms with van der Waals surface area (Å²) < 4.78 is 6.46. The summed E-state index contributed by atoms with van der Waals surface area (Å²) in [6.07, 6.45) is 16.0. The number of fused-ring (bicyclic) bond motifs is 1. The molecule has 8 heteroatoms. The van der Waals surface area contributed by atoms with Crippen LogP contribution >= 0.6 is 11.6 Å². The first-order valence-corrected chi connectivity index (χ1v) is 14.6. The molecule has 1 aromatic carbocycles. The first-order chi connectivity index (χ1) is 18.5. The van der Waals surface area contributed by atoms with E-state index in [0.29, 0.717) is 17.3 Å². The number of hydrogen-bond acceptors (Lipinski definition) is 4. The second kappa shape index (κ2) is 10.5. The standard InChI is InChI=1S/C30H36ClN3O4/c31-20-11-13-22(14-12-20)32-27(35)24-23-15-17-30(38-23)25(24)29(37)34(18-16-19-7-3-1-4-8-19)26(30)28(36)33-21-9-5-2-6-10-21/h7,11-15,17,21,23-26H,1-6,8-10,16,18H2,(H,32,35)(H,33,36)/t23-,24?,25-,26?,30?/m0/s1. The molecule has 2 N–H and O–H groups in total. The number of benzene rings is 1. The Balaban J connectivity index is 1.27. The van der Waals surface area contributed by atoms with Crippen molar-refractivity contribution in [3.8, 4) is 0 Å². The molecular formula is C30H36ClN3O4. The summed E-state index contributed by atoms with van der Waals surface area (Å²) in [5, 5.41) is 6.77. The lowest BCUT2D eigenvalue weighted by atomic mass is 9.74. The molecule has 1 spiro atoms. The highest BCUT2D eigenvalue weighted by Gasteiger charge is 2.72. The number of rotatable bonds is 7. The number of halogens is 1. The minimum absolute atomic E-state index is 0.122. The molecule has 3 amide bonds. The van der Waals surface area contributed by atoms with Crippen molar-refractivity contribution in [3.05, 3.63) is 53.1 Å². The van der Waals surface area contributed by atoms with Crippen molar-refractivity contribution >= 4 is 35.0 Å². The number of allylic oxidation sites excluding steroid dienone is 1. The van der Waals surface area contributed by atoms with Crippen LogP contribution in [-0.2, 0) is 19.1 Å². The molecule has 3 aliphatic heterocycles. The quantitative estimate of drug-likeness (QED) is 0.490. The highest BCUT2D eigenvalue weighted by atomic mass is 35.5. The zero-order chi connectivity index (χ0) is 26.3. The summed E-state index contributed by atoms with van der Waals surface area (Å²) >= 11 is 6.00. The molecule has 2 bridgehead atoms. The van der Waals surface area contributed by atoms with Gasteiger partial charge in [-0.1, -0.05) is 54.7 Å². The van der Waals surface area contributed by atoms with Gasteiger partial charge in [-0.2, -0.15) is 0 Å². The van der Waals surface area contributed by atoms with Crippen LogP contribution in [0.5, 0.6) is 0 Å². The number of amides is 3. The van der Waals surface area contributed by atoms with Gasteiger partial charge in [0.2, 0.25) is 17.7 Å². The molecule has 1 saturated carbocycles. The van der Waals surface area contributed by atoms with Crippen molar-refractivity contribution in [2.45, 2.75) is 88.0 Å². The summed E-state index contributed by atoms with van der Waals surface area (Å²) in [4.78, 5) is 43.2. The third-order valence-electron chi connectivity index (χ3n) is 9.05. The first kappa shape index (κ1) is 25.6. The molecule has 5 atom stereocenters. The van der Waals surface area contributed by atoms with Crippen LogP contribution in [0.2, 0.25) is 5.02 Å². The first-order valence-electron chi connectivity index (χ1n) is 14.2. The van der Waals surface area contributed by atoms with E-state index in [9.17, 15) is 14.4 Å². The van der Waals surface area contributed by atoms with Gasteiger partial charge in [-0.25, -0.2) is 0 Å². The van der Waals surface area contributed by atoms with Gasteiger partial charge in [-0.05, 0) is 69.2 Å². The van der Waals surface area contributed by atoms with Crippen LogP contribution in [0, 0.1) is 11.8 Å². The molecule has 2 saturated heterocycles. The number of likely N-dealkylation sites (tertiary alicyclic amines) is 1. The Morgan fingerprint density at radius 1 is 1.05 bits per heavy atom. The van der Waals surface area contributed by atoms with E-state index in [-0.39, 0.29) is 23.8 Å². The van der Waals surface area contributed by atoms with Gasteiger partial charge in [-0.3, -0.25) is 14.4 Å². The Morgan fingerprint density at radius 2 is 1.84 bits per heavy atom. The summed E-state index contributed by atoms with van der Waals surface area (Å²) in [5.74, 6) is -2.02. The summed E-state index contributed by atoms with van der Waals surface area (Å²) in [6, 6.07) is 6.24. The van der Waals surface area contributed by atoms with Gasteiger partial charge in [0.1, 0.15) is 11.6 Å². The lowest BCUT2D eigenvalue weighted by molar-refractivity contribution is -0.141. The van der Waals surface area contributed by atoms with E-state index < -0.39 is 29.6 Å². The smallest absolute Gasteiger partial charge is 0.246 e. The van der Waals surface area contributed by atoms with Crippen molar-refractivity contribution in [2.75, 3.05) is 11.9 Å². The van der Waals surface area contributed by atoms with Crippen LogP contribution in [0.4, 0.5) is 5.69 Å². The fraction of sp³-hybridized carbons (Fsp3) is 0.567. The topological polar surface area (TPSA) is 87.7 Å². The van der Waals surface area contributed by atoms with Crippen LogP contribution in [0.3, 0.4) is 0 Å². The van der Waals surface area contributed by atoms with Crippen LogP contribution in [0.15, 0.2) is 48.1 Å². The predicted molar refractivity (Wildman–Crippen MR) is 145 cm³/mol. The summed E-state index contributed by atoms with van der Waals surface area (Å²) in [7, 11) is 0. The van der Waals surface area contributed by atoms with Crippen LogP contribution in [0.25, 0.3) is 0 Å². The van der Waals surface area contributed by atoms with Crippen LogP contribution in [0.1, 0.15) is 64.2 Å². The monoisotopic (exact) mass is 537 g/mol. The van der Waals surface area contributed by atoms with E-state index in [4.69, 9.17) is 16.3 Å². The molecule has 7 nitrogen and oxygen atoms in total. The minimum Gasteiger partial charge on any atom is -0.359 e. The van der Waals surface area contributed by atoms with Gasteiger partial charge >= 0.3 is 0 Å². The molecule has 0 radical (unpaired) electrons. The van der Waals surface area contributed by atoms with Gasteiger partial charge in [0.25, 0.3) is 0 Å².